The van der Waals surface area contributed by atoms with Crippen LogP contribution in [0.25, 0.3) is 0 Å². The quantitative estimate of drug-likeness (QED) is 0.493. The molecule has 0 unspecified atom stereocenters. The van der Waals surface area contributed by atoms with Gasteiger partial charge in [-0.05, 0) is 24.6 Å². The van der Waals surface area contributed by atoms with Crippen molar-refractivity contribution in [3.63, 3.8) is 0 Å². The third kappa shape index (κ3) is 4.52. The van der Waals surface area contributed by atoms with E-state index in [0.717, 1.165) is 25.3 Å². The molecule has 0 aliphatic carbocycles. The summed E-state index contributed by atoms with van der Waals surface area (Å²) in [6, 6.07) is 15.7. The predicted octanol–water partition coefficient (Wildman–Crippen LogP) is 3.15. The molecule has 1 aliphatic heterocycles. The standard InChI is InChI=1S/C21H23N7O2/c1-16-6-5-9-18(24-16)25-20-19(28(29)30)21(23-15-22-20)27-12-10-26(11-13-27)14-17-7-3-2-4-8-17/h2-9,15H,10-14H2,1H3,(H,22,23,24,25). The highest BCUT2D eigenvalue weighted by Gasteiger charge is 2.29. The van der Waals surface area contributed by atoms with Gasteiger partial charge in [0.05, 0.1) is 4.92 Å². The zero-order chi connectivity index (χ0) is 20.9. The minimum atomic E-state index is -0.427. The molecule has 1 fully saturated rings. The number of pyridine rings is 1. The first-order valence-corrected chi connectivity index (χ1v) is 9.81. The van der Waals surface area contributed by atoms with Crippen LogP contribution in [-0.2, 0) is 6.54 Å². The Labute approximate surface area is 174 Å². The number of nitrogens with zero attached hydrogens (tertiary/aromatic N) is 6. The minimum absolute atomic E-state index is 0.127. The number of anilines is 3. The fraction of sp³-hybridized carbons (Fsp3) is 0.286. The maximum absolute atomic E-state index is 11.9. The Kier molecular flexibility index (Phi) is 5.80. The van der Waals surface area contributed by atoms with Crippen molar-refractivity contribution in [3.8, 4) is 0 Å². The van der Waals surface area contributed by atoms with Gasteiger partial charge in [-0.15, -0.1) is 0 Å². The van der Waals surface area contributed by atoms with Gasteiger partial charge in [-0.2, -0.15) is 0 Å². The van der Waals surface area contributed by atoms with E-state index < -0.39 is 4.92 Å². The van der Waals surface area contributed by atoms with Crippen LogP contribution < -0.4 is 10.2 Å². The van der Waals surface area contributed by atoms with E-state index in [2.05, 4.69) is 37.3 Å². The van der Waals surface area contributed by atoms with Gasteiger partial charge in [0.25, 0.3) is 0 Å². The first-order chi connectivity index (χ1) is 14.6. The highest BCUT2D eigenvalue weighted by atomic mass is 16.6. The minimum Gasteiger partial charge on any atom is -0.348 e. The Balaban J connectivity index is 1.51. The summed E-state index contributed by atoms with van der Waals surface area (Å²) >= 11 is 0. The van der Waals surface area contributed by atoms with Gasteiger partial charge in [0.2, 0.25) is 11.6 Å². The summed E-state index contributed by atoms with van der Waals surface area (Å²) in [4.78, 5) is 28.4. The normalized spacial score (nSPS) is 14.5. The lowest BCUT2D eigenvalue weighted by atomic mass is 10.2. The van der Waals surface area contributed by atoms with Gasteiger partial charge >= 0.3 is 5.69 Å². The monoisotopic (exact) mass is 405 g/mol. The first kappa shape index (κ1) is 19.7. The van der Waals surface area contributed by atoms with Gasteiger partial charge in [0.15, 0.2) is 0 Å². The summed E-state index contributed by atoms with van der Waals surface area (Å²) < 4.78 is 0. The molecule has 154 valence electrons. The molecule has 0 radical (unpaired) electrons. The smallest absolute Gasteiger partial charge is 0.348 e. The molecule has 0 atom stereocenters. The van der Waals surface area contributed by atoms with Crippen molar-refractivity contribution in [2.75, 3.05) is 36.4 Å². The van der Waals surface area contributed by atoms with Crippen molar-refractivity contribution < 1.29 is 4.92 Å². The first-order valence-electron chi connectivity index (χ1n) is 9.81. The fourth-order valence-corrected chi connectivity index (χ4v) is 3.55. The molecule has 9 heteroatoms. The van der Waals surface area contributed by atoms with Gasteiger partial charge in [0.1, 0.15) is 12.1 Å². The van der Waals surface area contributed by atoms with Crippen LogP contribution in [0.15, 0.2) is 54.9 Å². The molecule has 3 aromatic rings. The Bertz CT molecular complexity index is 1020. The summed E-state index contributed by atoms with van der Waals surface area (Å²) in [5, 5.41) is 14.9. The third-order valence-electron chi connectivity index (χ3n) is 5.04. The molecule has 9 nitrogen and oxygen atoms in total. The number of nitro groups is 1. The molecule has 0 bridgehead atoms. The van der Waals surface area contributed by atoms with Gasteiger partial charge in [-0.1, -0.05) is 36.4 Å². The maximum atomic E-state index is 11.9. The number of nitrogens with one attached hydrogen (secondary N) is 1. The number of hydrogen-bond acceptors (Lipinski definition) is 8. The number of aromatic nitrogens is 3. The van der Waals surface area contributed by atoms with Crippen LogP contribution in [0.2, 0.25) is 0 Å². The maximum Gasteiger partial charge on any atom is 0.353 e. The Morgan fingerprint density at radius 1 is 1.03 bits per heavy atom. The van der Waals surface area contributed by atoms with Crippen LogP contribution in [0.5, 0.6) is 0 Å². The summed E-state index contributed by atoms with van der Waals surface area (Å²) in [6.07, 6.45) is 1.36. The van der Waals surface area contributed by atoms with E-state index in [4.69, 9.17) is 0 Å². The molecule has 1 aromatic carbocycles. The van der Waals surface area contributed by atoms with Gasteiger partial charge < -0.3 is 10.2 Å². The average Bonchev–Trinajstić information content (AvgIpc) is 2.75. The number of aryl methyl sites for hydroxylation is 1. The van der Waals surface area contributed by atoms with Crippen LogP contribution in [0.4, 0.5) is 23.1 Å². The second-order valence-electron chi connectivity index (χ2n) is 7.19. The molecule has 30 heavy (non-hydrogen) atoms. The van der Waals surface area contributed by atoms with Crippen molar-refractivity contribution in [3.05, 3.63) is 76.2 Å². The zero-order valence-electron chi connectivity index (χ0n) is 16.7. The Morgan fingerprint density at radius 3 is 2.50 bits per heavy atom. The lowest BCUT2D eigenvalue weighted by Gasteiger charge is -2.35. The Morgan fingerprint density at radius 2 is 1.80 bits per heavy atom. The van der Waals surface area contributed by atoms with E-state index in [1.165, 1.54) is 11.9 Å². The van der Waals surface area contributed by atoms with E-state index >= 15 is 0 Å². The lowest BCUT2D eigenvalue weighted by molar-refractivity contribution is -0.383. The number of hydrogen-bond donors (Lipinski definition) is 1. The van der Waals surface area contributed by atoms with Crippen molar-refractivity contribution in [1.82, 2.24) is 19.9 Å². The van der Waals surface area contributed by atoms with E-state index in [9.17, 15) is 10.1 Å². The Hall–Kier alpha value is -3.59. The van der Waals surface area contributed by atoms with Crippen LogP contribution in [0, 0.1) is 17.0 Å². The number of piperazine rings is 1. The van der Waals surface area contributed by atoms with Crippen molar-refractivity contribution in [2.45, 2.75) is 13.5 Å². The molecule has 0 amide bonds. The molecule has 3 heterocycles. The van der Waals surface area contributed by atoms with E-state index in [1.807, 2.05) is 42.2 Å². The number of benzene rings is 1. The zero-order valence-corrected chi connectivity index (χ0v) is 16.7. The predicted molar refractivity (Wildman–Crippen MR) is 115 cm³/mol. The molecular formula is C21H23N7O2. The molecule has 4 rings (SSSR count). The summed E-state index contributed by atoms with van der Waals surface area (Å²) in [7, 11) is 0. The summed E-state index contributed by atoms with van der Waals surface area (Å²) in [5.41, 5.74) is 1.94. The van der Waals surface area contributed by atoms with E-state index in [-0.39, 0.29) is 11.5 Å². The summed E-state index contributed by atoms with van der Waals surface area (Å²) in [5.74, 6) is 0.995. The van der Waals surface area contributed by atoms with Gasteiger partial charge in [-0.3, -0.25) is 15.0 Å². The molecule has 0 spiro atoms. The van der Waals surface area contributed by atoms with Crippen LogP contribution in [-0.4, -0.2) is 51.0 Å². The van der Waals surface area contributed by atoms with Crippen molar-refractivity contribution >= 4 is 23.1 Å². The van der Waals surface area contributed by atoms with Crippen LogP contribution in [0.1, 0.15) is 11.3 Å². The second-order valence-corrected chi connectivity index (χ2v) is 7.19. The molecule has 1 saturated heterocycles. The van der Waals surface area contributed by atoms with Gasteiger partial charge in [-0.25, -0.2) is 15.0 Å². The van der Waals surface area contributed by atoms with Crippen molar-refractivity contribution in [2.24, 2.45) is 0 Å². The molecule has 2 aromatic heterocycles. The molecule has 1 N–H and O–H groups in total. The molecule has 1 aliphatic rings. The van der Waals surface area contributed by atoms with Gasteiger partial charge in [0, 0.05) is 38.4 Å². The third-order valence-corrected chi connectivity index (χ3v) is 5.04. The van der Waals surface area contributed by atoms with E-state index in [0.29, 0.717) is 24.7 Å². The fourth-order valence-electron chi connectivity index (χ4n) is 3.55. The topological polar surface area (TPSA) is 100 Å². The molecule has 0 saturated carbocycles. The molecular weight excluding hydrogens is 382 g/mol. The SMILES string of the molecule is Cc1cccc(Nc2ncnc(N3CCN(Cc4ccccc4)CC3)c2[N+](=O)[O-])n1. The van der Waals surface area contributed by atoms with Crippen LogP contribution >= 0.6 is 0 Å². The number of rotatable bonds is 6. The average molecular weight is 405 g/mol. The summed E-state index contributed by atoms with van der Waals surface area (Å²) in [6.45, 7) is 5.66. The van der Waals surface area contributed by atoms with Crippen molar-refractivity contribution in [1.29, 1.82) is 0 Å². The van der Waals surface area contributed by atoms with E-state index in [1.54, 1.807) is 6.07 Å². The highest BCUT2D eigenvalue weighted by Crippen LogP contribution is 2.33. The lowest BCUT2D eigenvalue weighted by Crippen LogP contribution is -2.46. The second kappa shape index (κ2) is 8.83. The highest BCUT2D eigenvalue weighted by molar-refractivity contribution is 5.73. The van der Waals surface area contributed by atoms with Crippen LogP contribution in [0.3, 0.4) is 0 Å². The largest absolute Gasteiger partial charge is 0.353 e.